The van der Waals surface area contributed by atoms with Gasteiger partial charge in [0.05, 0.1) is 18.6 Å². The second-order valence-electron chi connectivity index (χ2n) is 7.28. The highest BCUT2D eigenvalue weighted by molar-refractivity contribution is 4.99. The first kappa shape index (κ1) is 16.5. The summed E-state index contributed by atoms with van der Waals surface area (Å²) in [6.45, 7) is 4.63. The smallest absolute Gasteiger partial charge is 0.380 e. The summed E-state index contributed by atoms with van der Waals surface area (Å²) in [5, 5.41) is 3.38. The van der Waals surface area contributed by atoms with Gasteiger partial charge in [-0.1, -0.05) is 0 Å². The van der Waals surface area contributed by atoms with Crippen LogP contribution in [0.2, 0.25) is 0 Å². The highest BCUT2D eigenvalue weighted by atomic mass is 19.4. The Labute approximate surface area is 130 Å². The Morgan fingerprint density at radius 1 is 1.14 bits per heavy atom. The van der Waals surface area contributed by atoms with Gasteiger partial charge in [-0.15, -0.1) is 0 Å². The van der Waals surface area contributed by atoms with Crippen molar-refractivity contribution in [1.82, 2.24) is 10.2 Å². The quantitative estimate of drug-likeness (QED) is 0.843. The maximum atomic E-state index is 12.9. The molecule has 2 heterocycles. The molecular formula is C16H27F3N2O. The van der Waals surface area contributed by atoms with E-state index in [1.165, 1.54) is 12.8 Å². The Balaban J connectivity index is 1.41. The summed E-state index contributed by atoms with van der Waals surface area (Å²) >= 11 is 0. The summed E-state index contributed by atoms with van der Waals surface area (Å²) in [5.74, 6) is 0.396. The summed E-state index contributed by atoms with van der Waals surface area (Å²) in [5.41, 5.74) is -1.52. The lowest BCUT2D eigenvalue weighted by molar-refractivity contribution is -0.202. The van der Waals surface area contributed by atoms with E-state index in [9.17, 15) is 13.2 Å². The van der Waals surface area contributed by atoms with Crippen molar-refractivity contribution in [3.63, 3.8) is 0 Å². The lowest BCUT2D eigenvalue weighted by Gasteiger charge is -2.40. The molecule has 3 fully saturated rings. The molecule has 0 bridgehead atoms. The van der Waals surface area contributed by atoms with Crippen LogP contribution in [-0.2, 0) is 4.74 Å². The van der Waals surface area contributed by atoms with Gasteiger partial charge in [-0.05, 0) is 64.1 Å². The van der Waals surface area contributed by atoms with Crippen molar-refractivity contribution in [2.75, 3.05) is 39.4 Å². The molecule has 2 aliphatic heterocycles. The summed E-state index contributed by atoms with van der Waals surface area (Å²) in [4.78, 5) is 2.54. The van der Waals surface area contributed by atoms with E-state index in [1.54, 1.807) is 0 Å². The molecular weight excluding hydrogens is 293 g/mol. The molecule has 0 aromatic carbocycles. The van der Waals surface area contributed by atoms with Gasteiger partial charge in [0.2, 0.25) is 0 Å². The van der Waals surface area contributed by atoms with E-state index in [0.717, 1.165) is 39.0 Å². The molecule has 1 N–H and O–H groups in total. The second kappa shape index (κ2) is 6.65. The van der Waals surface area contributed by atoms with E-state index >= 15 is 0 Å². The van der Waals surface area contributed by atoms with Crippen LogP contribution in [0, 0.1) is 11.3 Å². The number of halogens is 3. The van der Waals surface area contributed by atoms with Gasteiger partial charge >= 0.3 is 6.18 Å². The van der Waals surface area contributed by atoms with Gasteiger partial charge in [0, 0.05) is 12.6 Å². The number of hydrogen-bond donors (Lipinski definition) is 1. The molecule has 1 unspecified atom stereocenters. The maximum Gasteiger partial charge on any atom is 0.396 e. The van der Waals surface area contributed by atoms with Crippen molar-refractivity contribution in [3.05, 3.63) is 0 Å². The maximum absolute atomic E-state index is 12.9. The van der Waals surface area contributed by atoms with Gasteiger partial charge in [-0.25, -0.2) is 0 Å². The van der Waals surface area contributed by atoms with Gasteiger partial charge in [-0.3, -0.25) is 4.90 Å². The molecule has 2 saturated heterocycles. The fourth-order valence-corrected chi connectivity index (χ4v) is 3.82. The Morgan fingerprint density at radius 2 is 1.86 bits per heavy atom. The minimum atomic E-state index is -4.10. The highest BCUT2D eigenvalue weighted by Gasteiger charge is 2.63. The number of rotatable bonds is 5. The van der Waals surface area contributed by atoms with E-state index in [2.05, 4.69) is 10.2 Å². The topological polar surface area (TPSA) is 24.5 Å². The Hall–Kier alpha value is -0.330. The molecule has 1 atom stereocenters. The second-order valence-corrected chi connectivity index (χ2v) is 7.28. The van der Waals surface area contributed by atoms with Crippen LogP contribution in [0.1, 0.15) is 38.5 Å². The minimum Gasteiger partial charge on any atom is -0.380 e. The zero-order valence-electron chi connectivity index (χ0n) is 13.1. The summed E-state index contributed by atoms with van der Waals surface area (Å²) < 4.78 is 44.1. The van der Waals surface area contributed by atoms with E-state index in [4.69, 9.17) is 4.74 Å². The molecule has 3 aliphatic rings. The zero-order valence-corrected chi connectivity index (χ0v) is 13.1. The van der Waals surface area contributed by atoms with Gasteiger partial charge in [-0.2, -0.15) is 13.2 Å². The molecule has 0 spiro atoms. The monoisotopic (exact) mass is 320 g/mol. The van der Waals surface area contributed by atoms with Crippen LogP contribution in [0.5, 0.6) is 0 Å². The average molecular weight is 320 g/mol. The van der Waals surface area contributed by atoms with Crippen molar-refractivity contribution in [3.8, 4) is 0 Å². The average Bonchev–Trinajstić information content (AvgIpc) is 3.29. The molecule has 128 valence electrons. The number of ether oxygens (including phenoxy) is 1. The number of piperidine rings is 2. The van der Waals surface area contributed by atoms with Crippen LogP contribution in [0.3, 0.4) is 0 Å². The normalized spacial score (nSPS) is 30.4. The third kappa shape index (κ3) is 3.77. The molecule has 0 aromatic heterocycles. The Morgan fingerprint density at radius 3 is 2.50 bits per heavy atom. The molecule has 0 aromatic rings. The van der Waals surface area contributed by atoms with Crippen molar-refractivity contribution in [1.29, 1.82) is 0 Å². The van der Waals surface area contributed by atoms with Crippen molar-refractivity contribution in [2.45, 2.75) is 50.7 Å². The molecule has 0 amide bonds. The standard InChI is InChI=1S/C16H27F3N2O/c17-16(18,19)15(5-6-15)12-22-11-13-2-1-9-21(10-13)14-3-7-20-8-4-14/h13-14,20H,1-12H2. The van der Waals surface area contributed by atoms with E-state index in [-0.39, 0.29) is 19.4 Å². The van der Waals surface area contributed by atoms with Crippen LogP contribution < -0.4 is 5.32 Å². The SMILES string of the molecule is FC(F)(F)C1(COCC2CCCN(C3CCNCC3)C2)CC1. The van der Waals surface area contributed by atoms with Crippen LogP contribution in [0.15, 0.2) is 0 Å². The number of nitrogens with zero attached hydrogens (tertiary/aromatic N) is 1. The van der Waals surface area contributed by atoms with Crippen LogP contribution >= 0.6 is 0 Å². The molecule has 6 heteroatoms. The van der Waals surface area contributed by atoms with Crippen molar-refractivity contribution >= 4 is 0 Å². The van der Waals surface area contributed by atoms with E-state index in [0.29, 0.717) is 18.6 Å². The molecule has 3 nitrogen and oxygen atoms in total. The molecule has 22 heavy (non-hydrogen) atoms. The Bertz CT molecular complexity index is 365. The first-order valence-electron chi connectivity index (χ1n) is 8.59. The lowest BCUT2D eigenvalue weighted by atomic mass is 9.95. The fourth-order valence-electron chi connectivity index (χ4n) is 3.82. The fraction of sp³-hybridized carbons (Fsp3) is 1.00. The highest BCUT2D eigenvalue weighted by Crippen LogP contribution is 2.57. The van der Waals surface area contributed by atoms with Gasteiger partial charge < -0.3 is 10.1 Å². The predicted molar refractivity (Wildman–Crippen MR) is 78.7 cm³/mol. The van der Waals surface area contributed by atoms with E-state index < -0.39 is 11.6 Å². The van der Waals surface area contributed by atoms with E-state index in [1.807, 2.05) is 0 Å². The lowest BCUT2D eigenvalue weighted by Crippen LogP contribution is -2.48. The van der Waals surface area contributed by atoms with Gasteiger partial charge in [0.1, 0.15) is 0 Å². The first-order chi connectivity index (χ1) is 10.5. The summed E-state index contributed by atoms with van der Waals surface area (Å²) in [6.07, 6.45) is 0.976. The van der Waals surface area contributed by atoms with Crippen LogP contribution in [0.25, 0.3) is 0 Å². The van der Waals surface area contributed by atoms with Crippen molar-refractivity contribution in [2.24, 2.45) is 11.3 Å². The summed E-state index contributed by atoms with van der Waals surface area (Å²) in [7, 11) is 0. The predicted octanol–water partition coefficient (Wildman–Crippen LogP) is 2.81. The van der Waals surface area contributed by atoms with Gasteiger partial charge in [0.15, 0.2) is 0 Å². The third-order valence-electron chi connectivity index (χ3n) is 5.56. The molecule has 3 rings (SSSR count). The van der Waals surface area contributed by atoms with Crippen LogP contribution in [0.4, 0.5) is 13.2 Å². The minimum absolute atomic E-state index is 0.139. The van der Waals surface area contributed by atoms with Crippen LogP contribution in [-0.4, -0.2) is 56.5 Å². The first-order valence-corrected chi connectivity index (χ1v) is 8.59. The molecule has 1 saturated carbocycles. The third-order valence-corrected chi connectivity index (χ3v) is 5.56. The van der Waals surface area contributed by atoms with Crippen molar-refractivity contribution < 1.29 is 17.9 Å². The summed E-state index contributed by atoms with van der Waals surface area (Å²) in [6, 6.07) is 0.647. The molecule has 0 radical (unpaired) electrons. The van der Waals surface area contributed by atoms with Gasteiger partial charge in [0.25, 0.3) is 0 Å². The number of nitrogens with one attached hydrogen (secondary N) is 1. The number of alkyl halides is 3. The number of hydrogen-bond acceptors (Lipinski definition) is 3. The molecule has 1 aliphatic carbocycles. The largest absolute Gasteiger partial charge is 0.396 e. The zero-order chi connectivity index (χ0) is 15.6. The number of likely N-dealkylation sites (tertiary alicyclic amines) is 1. The Kier molecular flexibility index (Phi) is 5.00.